The number of urea groups is 1. The molecule has 3 rings (SSSR count). The number of anilines is 1. The number of hydrogen-bond donors (Lipinski definition) is 2. The van der Waals surface area contributed by atoms with E-state index >= 15 is 0 Å². The lowest BCUT2D eigenvalue weighted by molar-refractivity contribution is -0.133. The maximum atomic E-state index is 12.3. The molecule has 2 unspecified atom stereocenters. The molecule has 2 atom stereocenters. The maximum absolute atomic E-state index is 12.3. The highest BCUT2D eigenvalue weighted by Gasteiger charge is 2.32. The van der Waals surface area contributed by atoms with Gasteiger partial charge in [-0.25, -0.2) is 4.79 Å². The van der Waals surface area contributed by atoms with Crippen LogP contribution in [0.4, 0.5) is 9.80 Å². The van der Waals surface area contributed by atoms with Gasteiger partial charge in [-0.15, -0.1) is 11.3 Å². The Labute approximate surface area is 135 Å². The summed E-state index contributed by atoms with van der Waals surface area (Å²) in [5.41, 5.74) is 0. The van der Waals surface area contributed by atoms with Gasteiger partial charge in [0, 0.05) is 13.1 Å². The van der Waals surface area contributed by atoms with Crippen LogP contribution in [-0.2, 0) is 4.79 Å². The summed E-state index contributed by atoms with van der Waals surface area (Å²) in [5.74, 6) is 1.52. The van der Waals surface area contributed by atoms with Gasteiger partial charge >= 0.3 is 6.03 Å². The fraction of sp³-hybridized carbons (Fsp3) is 0.625. The van der Waals surface area contributed by atoms with Crippen LogP contribution in [0.1, 0.15) is 32.1 Å². The molecule has 0 spiro atoms. The van der Waals surface area contributed by atoms with Crippen molar-refractivity contribution in [2.24, 2.45) is 11.8 Å². The zero-order chi connectivity index (χ0) is 15.4. The predicted octanol–water partition coefficient (Wildman–Crippen LogP) is 2.91. The van der Waals surface area contributed by atoms with Crippen LogP contribution in [0.5, 0.6) is 0 Å². The van der Waals surface area contributed by atoms with Crippen LogP contribution in [-0.4, -0.2) is 36.5 Å². The van der Waals surface area contributed by atoms with Gasteiger partial charge in [-0.2, -0.15) is 0 Å². The lowest BCUT2D eigenvalue weighted by Gasteiger charge is -2.41. The third-order valence-electron chi connectivity index (χ3n) is 4.80. The van der Waals surface area contributed by atoms with Crippen LogP contribution in [0.25, 0.3) is 0 Å². The summed E-state index contributed by atoms with van der Waals surface area (Å²) in [6.45, 7) is 1.79. The Balaban J connectivity index is 1.43. The zero-order valence-electron chi connectivity index (χ0n) is 12.7. The number of amides is 3. The van der Waals surface area contributed by atoms with Gasteiger partial charge in [0.15, 0.2) is 0 Å². The molecule has 1 saturated carbocycles. The number of carbonyl (C=O) groups excluding carboxylic acids is 2. The second-order valence-corrected chi connectivity index (χ2v) is 7.17. The molecule has 1 saturated heterocycles. The SMILES string of the molecule is O=C(NCC(=O)N1CCC2CCCCC2C1)Nc1cccs1. The predicted molar refractivity (Wildman–Crippen MR) is 88.0 cm³/mol. The van der Waals surface area contributed by atoms with E-state index in [9.17, 15) is 9.59 Å². The van der Waals surface area contributed by atoms with Crippen LogP contribution < -0.4 is 10.6 Å². The topological polar surface area (TPSA) is 61.4 Å². The maximum Gasteiger partial charge on any atom is 0.320 e. The van der Waals surface area contributed by atoms with E-state index in [1.54, 1.807) is 0 Å². The third kappa shape index (κ3) is 3.80. The molecule has 2 N–H and O–H groups in total. The third-order valence-corrected chi connectivity index (χ3v) is 5.59. The highest BCUT2D eigenvalue weighted by Crippen LogP contribution is 2.35. The van der Waals surface area contributed by atoms with E-state index in [2.05, 4.69) is 10.6 Å². The van der Waals surface area contributed by atoms with Gasteiger partial charge in [0.2, 0.25) is 5.91 Å². The molecule has 1 aromatic rings. The first kappa shape index (κ1) is 15.3. The monoisotopic (exact) mass is 321 g/mol. The van der Waals surface area contributed by atoms with Crippen molar-refractivity contribution in [3.63, 3.8) is 0 Å². The summed E-state index contributed by atoms with van der Waals surface area (Å²) in [7, 11) is 0. The molecule has 1 aliphatic carbocycles. The summed E-state index contributed by atoms with van der Waals surface area (Å²) in [4.78, 5) is 25.9. The van der Waals surface area contributed by atoms with E-state index in [4.69, 9.17) is 0 Å². The number of likely N-dealkylation sites (tertiary alicyclic amines) is 1. The summed E-state index contributed by atoms with van der Waals surface area (Å²) in [6.07, 6.45) is 6.34. The van der Waals surface area contributed by atoms with Crippen molar-refractivity contribution in [3.05, 3.63) is 17.5 Å². The molecule has 6 heteroatoms. The number of rotatable bonds is 3. The van der Waals surface area contributed by atoms with Gasteiger partial charge in [-0.3, -0.25) is 10.1 Å². The smallest absolute Gasteiger partial charge is 0.320 e. The Morgan fingerprint density at radius 3 is 2.82 bits per heavy atom. The quantitative estimate of drug-likeness (QED) is 0.899. The number of nitrogens with one attached hydrogen (secondary N) is 2. The van der Waals surface area contributed by atoms with Gasteiger partial charge in [-0.1, -0.05) is 19.3 Å². The van der Waals surface area contributed by atoms with Gasteiger partial charge in [0.1, 0.15) is 0 Å². The lowest BCUT2D eigenvalue weighted by atomic mass is 9.75. The van der Waals surface area contributed by atoms with Crippen LogP contribution >= 0.6 is 11.3 Å². The Hall–Kier alpha value is -1.56. The Kier molecular flexibility index (Phi) is 4.97. The van der Waals surface area contributed by atoms with E-state index < -0.39 is 0 Å². The first-order valence-corrected chi connectivity index (χ1v) is 8.96. The lowest BCUT2D eigenvalue weighted by Crippen LogP contribution is -2.48. The Morgan fingerprint density at radius 2 is 2.05 bits per heavy atom. The molecule has 2 aliphatic rings. The van der Waals surface area contributed by atoms with Crippen molar-refractivity contribution in [2.45, 2.75) is 32.1 Å². The van der Waals surface area contributed by atoms with Crippen LogP contribution in [0.2, 0.25) is 0 Å². The van der Waals surface area contributed by atoms with Crippen LogP contribution in [0.15, 0.2) is 17.5 Å². The minimum Gasteiger partial charge on any atom is -0.341 e. The second-order valence-electron chi connectivity index (χ2n) is 6.22. The zero-order valence-corrected chi connectivity index (χ0v) is 13.5. The minimum atomic E-state index is -0.316. The number of fused-ring (bicyclic) bond motifs is 1. The summed E-state index contributed by atoms with van der Waals surface area (Å²) in [5, 5.41) is 8.06. The van der Waals surface area contributed by atoms with Gasteiger partial charge in [0.05, 0.1) is 11.5 Å². The van der Waals surface area contributed by atoms with E-state index in [1.165, 1.54) is 37.0 Å². The molecule has 0 bridgehead atoms. The highest BCUT2D eigenvalue weighted by molar-refractivity contribution is 7.14. The molecule has 120 valence electrons. The van der Waals surface area contributed by atoms with Crippen LogP contribution in [0, 0.1) is 11.8 Å². The summed E-state index contributed by atoms with van der Waals surface area (Å²) >= 11 is 1.46. The van der Waals surface area contributed by atoms with Gasteiger partial charge in [-0.05, 0) is 42.2 Å². The molecule has 2 fully saturated rings. The molecule has 0 aromatic carbocycles. The average Bonchev–Trinajstić information content (AvgIpc) is 3.05. The first-order valence-electron chi connectivity index (χ1n) is 8.08. The van der Waals surface area contributed by atoms with Gasteiger partial charge in [0.25, 0.3) is 0 Å². The summed E-state index contributed by atoms with van der Waals surface area (Å²) < 4.78 is 0. The van der Waals surface area contributed by atoms with Crippen molar-refractivity contribution < 1.29 is 9.59 Å². The number of piperidine rings is 1. The molecule has 1 aromatic heterocycles. The van der Waals surface area contributed by atoms with Crippen LogP contribution in [0.3, 0.4) is 0 Å². The molecule has 0 radical (unpaired) electrons. The Morgan fingerprint density at radius 1 is 1.23 bits per heavy atom. The Bertz CT molecular complexity index is 517. The molecular formula is C16H23N3O2S. The van der Waals surface area contributed by atoms with E-state index in [-0.39, 0.29) is 18.5 Å². The molecule has 22 heavy (non-hydrogen) atoms. The highest BCUT2D eigenvalue weighted by atomic mass is 32.1. The number of hydrogen-bond acceptors (Lipinski definition) is 3. The standard InChI is InChI=1S/C16H23N3O2S/c20-15(10-17-16(21)18-14-6-3-9-22-14)19-8-7-12-4-1-2-5-13(12)11-19/h3,6,9,12-13H,1-2,4-5,7-8,10-11H2,(H2,17,18,21). The molecule has 5 nitrogen and oxygen atoms in total. The number of thiophene rings is 1. The van der Waals surface area contributed by atoms with Gasteiger partial charge < -0.3 is 10.2 Å². The largest absolute Gasteiger partial charge is 0.341 e. The van der Waals surface area contributed by atoms with Crippen molar-refractivity contribution in [1.29, 1.82) is 0 Å². The molecular weight excluding hydrogens is 298 g/mol. The van der Waals surface area contributed by atoms with Crippen molar-refractivity contribution >= 4 is 28.3 Å². The molecule has 3 amide bonds. The fourth-order valence-electron chi connectivity index (χ4n) is 3.60. The number of carbonyl (C=O) groups is 2. The summed E-state index contributed by atoms with van der Waals surface area (Å²) in [6, 6.07) is 3.39. The second kappa shape index (κ2) is 7.13. The minimum absolute atomic E-state index is 0.0327. The van der Waals surface area contributed by atoms with E-state index in [0.717, 1.165) is 30.4 Å². The molecule has 1 aliphatic heterocycles. The van der Waals surface area contributed by atoms with Crippen molar-refractivity contribution in [1.82, 2.24) is 10.2 Å². The molecule has 2 heterocycles. The van der Waals surface area contributed by atoms with E-state index in [0.29, 0.717) is 5.92 Å². The van der Waals surface area contributed by atoms with Crippen molar-refractivity contribution in [2.75, 3.05) is 25.0 Å². The normalized spacial score (nSPS) is 24.5. The average molecular weight is 321 g/mol. The fourth-order valence-corrected chi connectivity index (χ4v) is 4.21. The first-order chi connectivity index (χ1) is 10.7. The van der Waals surface area contributed by atoms with Crippen molar-refractivity contribution in [3.8, 4) is 0 Å². The number of nitrogens with zero attached hydrogens (tertiary/aromatic N) is 1. The van der Waals surface area contributed by atoms with E-state index in [1.807, 2.05) is 22.4 Å².